The molecule has 4 heteroatoms. The van der Waals surface area contributed by atoms with Gasteiger partial charge in [-0.25, -0.2) is 0 Å². The number of phenolic OH excluding ortho intramolecular Hbond substituents is 1. The highest BCUT2D eigenvalue weighted by atomic mass is 79.9. The van der Waals surface area contributed by atoms with Crippen molar-refractivity contribution in [1.29, 1.82) is 0 Å². The minimum Gasteiger partial charge on any atom is -0.504 e. The van der Waals surface area contributed by atoms with Crippen molar-refractivity contribution in [1.82, 2.24) is 0 Å². The SMILES string of the molecule is COc1cc(CC(CN)c2ccc(Br)cc2)ccc1O. The summed E-state index contributed by atoms with van der Waals surface area (Å²) in [6.07, 6.45) is 0.814. The third-order valence-corrected chi connectivity index (χ3v) is 3.88. The molecule has 0 heterocycles. The first-order chi connectivity index (χ1) is 9.63. The zero-order valence-corrected chi connectivity index (χ0v) is 12.9. The van der Waals surface area contributed by atoms with Crippen LogP contribution in [0.15, 0.2) is 46.9 Å². The number of aromatic hydroxyl groups is 1. The van der Waals surface area contributed by atoms with Crippen LogP contribution in [0, 0.1) is 0 Å². The second-order valence-electron chi connectivity index (χ2n) is 4.69. The molecule has 0 saturated carbocycles. The van der Waals surface area contributed by atoms with E-state index in [4.69, 9.17) is 10.5 Å². The average Bonchev–Trinajstić information content (AvgIpc) is 2.47. The maximum atomic E-state index is 9.62. The lowest BCUT2D eigenvalue weighted by molar-refractivity contribution is 0.373. The van der Waals surface area contributed by atoms with Crippen molar-refractivity contribution >= 4 is 15.9 Å². The molecule has 0 radical (unpaired) electrons. The van der Waals surface area contributed by atoms with Crippen LogP contribution in [-0.2, 0) is 6.42 Å². The van der Waals surface area contributed by atoms with E-state index >= 15 is 0 Å². The lowest BCUT2D eigenvalue weighted by Crippen LogP contribution is -2.15. The van der Waals surface area contributed by atoms with Crippen LogP contribution < -0.4 is 10.5 Å². The highest BCUT2D eigenvalue weighted by molar-refractivity contribution is 9.10. The van der Waals surface area contributed by atoms with Crippen molar-refractivity contribution < 1.29 is 9.84 Å². The van der Waals surface area contributed by atoms with Crippen molar-refractivity contribution in [3.05, 3.63) is 58.1 Å². The van der Waals surface area contributed by atoms with Gasteiger partial charge in [-0.2, -0.15) is 0 Å². The van der Waals surface area contributed by atoms with Gasteiger partial charge in [-0.1, -0.05) is 34.1 Å². The van der Waals surface area contributed by atoms with Gasteiger partial charge in [0.2, 0.25) is 0 Å². The summed E-state index contributed by atoms with van der Waals surface area (Å²) in [6, 6.07) is 13.6. The Balaban J connectivity index is 2.19. The molecule has 0 aromatic heterocycles. The van der Waals surface area contributed by atoms with Crippen molar-refractivity contribution in [2.45, 2.75) is 12.3 Å². The number of ether oxygens (including phenoxy) is 1. The zero-order valence-electron chi connectivity index (χ0n) is 11.3. The maximum Gasteiger partial charge on any atom is 0.160 e. The van der Waals surface area contributed by atoms with Gasteiger partial charge in [-0.05, 0) is 48.4 Å². The first-order valence-corrected chi connectivity index (χ1v) is 7.24. The molecule has 1 atom stereocenters. The fraction of sp³-hybridized carbons (Fsp3) is 0.250. The molecule has 0 aliphatic carbocycles. The number of rotatable bonds is 5. The summed E-state index contributed by atoms with van der Waals surface area (Å²) in [7, 11) is 1.55. The van der Waals surface area contributed by atoms with E-state index in [0.717, 1.165) is 16.5 Å². The Bertz CT molecular complexity index is 569. The number of hydrogen-bond acceptors (Lipinski definition) is 3. The van der Waals surface area contributed by atoms with Crippen LogP contribution in [0.2, 0.25) is 0 Å². The summed E-state index contributed by atoms with van der Waals surface area (Å²) in [6.45, 7) is 0.574. The number of benzene rings is 2. The van der Waals surface area contributed by atoms with Gasteiger partial charge >= 0.3 is 0 Å². The molecule has 3 N–H and O–H groups in total. The number of methoxy groups -OCH3 is 1. The first kappa shape index (κ1) is 14.9. The molecule has 2 aromatic rings. The van der Waals surface area contributed by atoms with Crippen LogP contribution in [0.1, 0.15) is 17.0 Å². The Morgan fingerprint density at radius 1 is 1.20 bits per heavy atom. The van der Waals surface area contributed by atoms with E-state index < -0.39 is 0 Å². The molecule has 20 heavy (non-hydrogen) atoms. The van der Waals surface area contributed by atoms with Gasteiger partial charge in [0.05, 0.1) is 7.11 Å². The summed E-state index contributed by atoms with van der Waals surface area (Å²) in [4.78, 5) is 0. The van der Waals surface area contributed by atoms with Crippen LogP contribution >= 0.6 is 15.9 Å². The van der Waals surface area contributed by atoms with Crippen LogP contribution in [-0.4, -0.2) is 18.8 Å². The molecule has 0 aliphatic heterocycles. The molecule has 1 unspecified atom stereocenters. The Hall–Kier alpha value is -1.52. The Labute approximate surface area is 127 Å². The third-order valence-electron chi connectivity index (χ3n) is 3.35. The Morgan fingerprint density at radius 3 is 2.50 bits per heavy atom. The van der Waals surface area contributed by atoms with Crippen molar-refractivity contribution in [3.63, 3.8) is 0 Å². The fourth-order valence-corrected chi connectivity index (χ4v) is 2.47. The third kappa shape index (κ3) is 3.52. The van der Waals surface area contributed by atoms with E-state index in [2.05, 4.69) is 28.1 Å². The average molecular weight is 336 g/mol. The largest absolute Gasteiger partial charge is 0.504 e. The standard InChI is InChI=1S/C16H18BrNO2/c1-20-16-9-11(2-7-15(16)19)8-13(10-18)12-3-5-14(17)6-4-12/h2-7,9,13,19H,8,10,18H2,1H3. The monoisotopic (exact) mass is 335 g/mol. The van der Waals surface area contributed by atoms with Gasteiger partial charge < -0.3 is 15.6 Å². The van der Waals surface area contributed by atoms with Gasteiger partial charge in [0.1, 0.15) is 0 Å². The number of hydrogen-bond donors (Lipinski definition) is 2. The summed E-state index contributed by atoms with van der Waals surface area (Å²) in [5, 5.41) is 9.62. The molecule has 3 nitrogen and oxygen atoms in total. The predicted molar refractivity (Wildman–Crippen MR) is 84.3 cm³/mol. The molecule has 0 fully saturated rings. The van der Waals surface area contributed by atoms with Gasteiger partial charge in [0.15, 0.2) is 11.5 Å². The Kier molecular flexibility index (Phi) is 5.04. The van der Waals surface area contributed by atoms with Crippen LogP contribution in [0.3, 0.4) is 0 Å². The lowest BCUT2D eigenvalue weighted by Gasteiger charge is -2.16. The molecular weight excluding hydrogens is 318 g/mol. The second kappa shape index (κ2) is 6.77. The minimum atomic E-state index is 0.157. The molecule has 0 spiro atoms. The van der Waals surface area contributed by atoms with Gasteiger partial charge in [0.25, 0.3) is 0 Å². The normalized spacial score (nSPS) is 12.2. The minimum absolute atomic E-state index is 0.157. The van der Waals surface area contributed by atoms with E-state index in [-0.39, 0.29) is 11.7 Å². The highest BCUT2D eigenvalue weighted by Gasteiger charge is 2.12. The smallest absolute Gasteiger partial charge is 0.160 e. The molecule has 0 saturated heterocycles. The second-order valence-corrected chi connectivity index (χ2v) is 5.61. The summed E-state index contributed by atoms with van der Waals surface area (Å²) >= 11 is 3.43. The molecule has 0 aliphatic rings. The van der Waals surface area contributed by atoms with Crippen molar-refractivity contribution in [2.24, 2.45) is 5.73 Å². The van der Waals surface area contributed by atoms with Gasteiger partial charge in [-0.3, -0.25) is 0 Å². The molecule has 106 valence electrons. The summed E-state index contributed by atoms with van der Waals surface area (Å²) in [5.41, 5.74) is 8.21. The first-order valence-electron chi connectivity index (χ1n) is 6.45. The number of halogens is 1. The topological polar surface area (TPSA) is 55.5 Å². The quantitative estimate of drug-likeness (QED) is 0.879. The number of nitrogens with two attached hydrogens (primary N) is 1. The van der Waals surface area contributed by atoms with Crippen molar-refractivity contribution in [2.75, 3.05) is 13.7 Å². The van der Waals surface area contributed by atoms with Gasteiger partial charge in [-0.15, -0.1) is 0 Å². The highest BCUT2D eigenvalue weighted by Crippen LogP contribution is 2.29. The van der Waals surface area contributed by atoms with E-state index in [9.17, 15) is 5.11 Å². The molecule has 0 bridgehead atoms. The van der Waals surface area contributed by atoms with Crippen LogP contribution in [0.4, 0.5) is 0 Å². The maximum absolute atomic E-state index is 9.62. The van der Waals surface area contributed by atoms with Crippen LogP contribution in [0.25, 0.3) is 0 Å². The molecule has 2 aromatic carbocycles. The van der Waals surface area contributed by atoms with E-state index in [1.165, 1.54) is 5.56 Å². The number of phenols is 1. The zero-order chi connectivity index (χ0) is 14.5. The molecule has 2 rings (SSSR count). The Morgan fingerprint density at radius 2 is 1.90 bits per heavy atom. The van der Waals surface area contributed by atoms with Crippen molar-refractivity contribution in [3.8, 4) is 11.5 Å². The lowest BCUT2D eigenvalue weighted by atomic mass is 9.92. The van der Waals surface area contributed by atoms with Crippen LogP contribution in [0.5, 0.6) is 11.5 Å². The van der Waals surface area contributed by atoms with E-state index in [1.807, 2.05) is 24.3 Å². The molecule has 0 amide bonds. The van der Waals surface area contributed by atoms with Gasteiger partial charge in [0, 0.05) is 10.4 Å². The summed E-state index contributed by atoms with van der Waals surface area (Å²) < 4.78 is 6.19. The summed E-state index contributed by atoms with van der Waals surface area (Å²) in [5.74, 6) is 0.899. The van der Waals surface area contributed by atoms with E-state index in [0.29, 0.717) is 12.3 Å². The fourth-order valence-electron chi connectivity index (χ4n) is 2.21. The predicted octanol–water partition coefficient (Wildman–Crippen LogP) is 3.45. The molecular formula is C16H18BrNO2. The van der Waals surface area contributed by atoms with E-state index in [1.54, 1.807) is 13.2 Å².